The Morgan fingerprint density at radius 1 is 1.04 bits per heavy atom. The molecule has 0 unspecified atom stereocenters. The molecule has 0 aromatic heterocycles. The molecule has 1 aliphatic heterocycles. The van der Waals surface area contributed by atoms with E-state index in [1.54, 1.807) is 0 Å². The van der Waals surface area contributed by atoms with Gasteiger partial charge in [0.15, 0.2) is 0 Å². The van der Waals surface area contributed by atoms with Gasteiger partial charge in [0.1, 0.15) is 0 Å². The van der Waals surface area contributed by atoms with Gasteiger partial charge in [-0.15, -0.1) is 0 Å². The molecule has 0 saturated carbocycles. The number of likely N-dealkylation sites (N-methyl/N-ethyl adjacent to an activating group) is 1. The first-order chi connectivity index (χ1) is 11.8. The molecule has 0 aliphatic carbocycles. The summed E-state index contributed by atoms with van der Waals surface area (Å²) in [7, 11) is 2.05. The van der Waals surface area contributed by atoms with Crippen LogP contribution in [0, 0.1) is 5.92 Å². The van der Waals surface area contributed by atoms with E-state index in [0.717, 1.165) is 19.7 Å². The minimum atomic E-state index is 0.425. The van der Waals surface area contributed by atoms with Crippen molar-refractivity contribution in [1.82, 2.24) is 10.2 Å². The van der Waals surface area contributed by atoms with Crippen LogP contribution in [0.3, 0.4) is 0 Å². The number of benzene rings is 2. The molecule has 1 heterocycles. The zero-order valence-electron chi connectivity index (χ0n) is 14.5. The van der Waals surface area contributed by atoms with E-state index in [2.05, 4.69) is 71.9 Å². The van der Waals surface area contributed by atoms with E-state index in [1.165, 1.54) is 24.1 Å². The fourth-order valence-electron chi connectivity index (χ4n) is 3.51. The lowest BCUT2D eigenvalue weighted by Crippen LogP contribution is -2.39. The maximum absolute atomic E-state index is 5.96. The zero-order valence-corrected chi connectivity index (χ0v) is 14.5. The van der Waals surface area contributed by atoms with Gasteiger partial charge in [0.25, 0.3) is 0 Å². The number of likely N-dealkylation sites (tertiary alicyclic amines) is 1. The zero-order chi connectivity index (χ0) is 16.6. The van der Waals surface area contributed by atoms with Crippen LogP contribution in [0.15, 0.2) is 60.7 Å². The summed E-state index contributed by atoms with van der Waals surface area (Å²) in [4.78, 5) is 2.56. The van der Waals surface area contributed by atoms with Crippen LogP contribution in [0.1, 0.15) is 17.5 Å². The van der Waals surface area contributed by atoms with Gasteiger partial charge in [-0.2, -0.15) is 0 Å². The molecule has 0 bridgehead atoms. The lowest BCUT2D eigenvalue weighted by atomic mass is 10.00. The standard InChI is InChI=1S/C21H28N2O/c1-22-21(17-24-16-19-10-6-3-7-11-19)20-12-13-23(15-20)14-18-8-4-2-5-9-18/h2-11,20-22H,12-17H2,1H3/t20-,21+/m1/s1. The van der Waals surface area contributed by atoms with Gasteiger partial charge in [-0.1, -0.05) is 60.7 Å². The van der Waals surface area contributed by atoms with Gasteiger partial charge in [0.2, 0.25) is 0 Å². The largest absolute Gasteiger partial charge is 0.375 e. The third-order valence-corrected chi connectivity index (χ3v) is 4.91. The minimum absolute atomic E-state index is 0.425. The number of ether oxygens (including phenoxy) is 1. The monoisotopic (exact) mass is 324 g/mol. The molecule has 128 valence electrons. The van der Waals surface area contributed by atoms with Crippen LogP contribution in [0.25, 0.3) is 0 Å². The summed E-state index contributed by atoms with van der Waals surface area (Å²) in [5, 5.41) is 3.46. The number of nitrogens with zero attached hydrogens (tertiary/aromatic N) is 1. The predicted molar refractivity (Wildman–Crippen MR) is 98.8 cm³/mol. The van der Waals surface area contributed by atoms with Crippen LogP contribution >= 0.6 is 0 Å². The lowest BCUT2D eigenvalue weighted by Gasteiger charge is -2.24. The SMILES string of the molecule is CN[C@@H](COCc1ccccc1)[C@@H]1CCN(Cc2ccccc2)C1. The molecule has 0 spiro atoms. The van der Waals surface area contributed by atoms with Crippen molar-refractivity contribution in [3.63, 3.8) is 0 Å². The van der Waals surface area contributed by atoms with E-state index >= 15 is 0 Å². The summed E-state index contributed by atoms with van der Waals surface area (Å²) >= 11 is 0. The molecular weight excluding hydrogens is 296 g/mol. The number of rotatable bonds is 8. The first-order valence-electron chi connectivity index (χ1n) is 8.90. The Kier molecular flexibility index (Phi) is 6.41. The Morgan fingerprint density at radius 2 is 1.71 bits per heavy atom. The highest BCUT2D eigenvalue weighted by molar-refractivity contribution is 5.15. The van der Waals surface area contributed by atoms with Gasteiger partial charge in [-0.25, -0.2) is 0 Å². The van der Waals surface area contributed by atoms with E-state index in [4.69, 9.17) is 4.74 Å². The normalized spacial score (nSPS) is 19.5. The van der Waals surface area contributed by atoms with Crippen LogP contribution in [0.4, 0.5) is 0 Å². The van der Waals surface area contributed by atoms with Crippen molar-refractivity contribution in [3.05, 3.63) is 71.8 Å². The van der Waals surface area contributed by atoms with Gasteiger partial charge < -0.3 is 10.1 Å². The van der Waals surface area contributed by atoms with Crippen molar-refractivity contribution < 1.29 is 4.74 Å². The Hall–Kier alpha value is -1.68. The molecule has 3 rings (SSSR count). The average Bonchev–Trinajstić information content (AvgIpc) is 3.09. The molecular formula is C21H28N2O. The highest BCUT2D eigenvalue weighted by Crippen LogP contribution is 2.22. The van der Waals surface area contributed by atoms with Crippen molar-refractivity contribution in [3.8, 4) is 0 Å². The average molecular weight is 324 g/mol. The van der Waals surface area contributed by atoms with Gasteiger partial charge in [-0.05, 0) is 37.1 Å². The molecule has 2 aromatic rings. The fraction of sp³-hybridized carbons (Fsp3) is 0.429. The Labute approximate surface area is 145 Å². The van der Waals surface area contributed by atoms with Crippen molar-refractivity contribution in [2.24, 2.45) is 5.92 Å². The topological polar surface area (TPSA) is 24.5 Å². The van der Waals surface area contributed by atoms with Gasteiger partial charge >= 0.3 is 0 Å². The van der Waals surface area contributed by atoms with E-state index in [1.807, 2.05) is 6.07 Å². The summed E-state index contributed by atoms with van der Waals surface area (Å²) in [6, 6.07) is 21.6. The Morgan fingerprint density at radius 3 is 2.38 bits per heavy atom. The molecule has 1 N–H and O–H groups in total. The summed E-state index contributed by atoms with van der Waals surface area (Å²) in [6.07, 6.45) is 1.24. The third kappa shape index (κ3) is 4.91. The number of hydrogen-bond acceptors (Lipinski definition) is 3. The summed E-state index contributed by atoms with van der Waals surface area (Å²) in [5.74, 6) is 0.662. The van der Waals surface area contributed by atoms with E-state index in [-0.39, 0.29) is 0 Å². The van der Waals surface area contributed by atoms with Crippen molar-refractivity contribution in [2.75, 3.05) is 26.7 Å². The van der Waals surface area contributed by atoms with Crippen LogP contribution in [0.2, 0.25) is 0 Å². The van der Waals surface area contributed by atoms with Gasteiger partial charge in [0, 0.05) is 19.1 Å². The molecule has 0 amide bonds. The number of hydrogen-bond donors (Lipinski definition) is 1. The van der Waals surface area contributed by atoms with E-state index in [9.17, 15) is 0 Å². The summed E-state index contributed by atoms with van der Waals surface area (Å²) in [6.45, 7) is 4.85. The predicted octanol–water partition coefficient (Wildman–Crippen LogP) is 3.31. The second kappa shape index (κ2) is 8.97. The maximum Gasteiger partial charge on any atom is 0.0717 e. The highest BCUT2D eigenvalue weighted by atomic mass is 16.5. The quantitative estimate of drug-likeness (QED) is 0.806. The molecule has 0 radical (unpaired) electrons. The molecule has 1 aliphatic rings. The van der Waals surface area contributed by atoms with Crippen molar-refractivity contribution in [2.45, 2.75) is 25.6 Å². The summed E-state index contributed by atoms with van der Waals surface area (Å²) in [5.41, 5.74) is 2.64. The van der Waals surface area contributed by atoms with Gasteiger partial charge in [-0.3, -0.25) is 4.90 Å². The van der Waals surface area contributed by atoms with Crippen molar-refractivity contribution >= 4 is 0 Å². The molecule has 3 nitrogen and oxygen atoms in total. The molecule has 24 heavy (non-hydrogen) atoms. The Balaban J connectivity index is 1.44. The van der Waals surface area contributed by atoms with Crippen molar-refractivity contribution in [1.29, 1.82) is 0 Å². The number of nitrogens with one attached hydrogen (secondary N) is 1. The first kappa shape index (κ1) is 17.2. The minimum Gasteiger partial charge on any atom is -0.375 e. The van der Waals surface area contributed by atoms with E-state index < -0.39 is 0 Å². The van der Waals surface area contributed by atoms with Crippen LogP contribution in [0.5, 0.6) is 0 Å². The Bertz CT molecular complexity index is 587. The molecule has 3 heteroatoms. The van der Waals surface area contributed by atoms with Gasteiger partial charge in [0.05, 0.1) is 13.2 Å². The van der Waals surface area contributed by atoms with Crippen LogP contribution < -0.4 is 5.32 Å². The maximum atomic E-state index is 5.96. The fourth-order valence-corrected chi connectivity index (χ4v) is 3.51. The second-order valence-corrected chi connectivity index (χ2v) is 6.67. The molecule has 1 saturated heterocycles. The highest BCUT2D eigenvalue weighted by Gasteiger charge is 2.28. The van der Waals surface area contributed by atoms with Crippen LogP contribution in [-0.2, 0) is 17.9 Å². The second-order valence-electron chi connectivity index (χ2n) is 6.67. The summed E-state index contributed by atoms with van der Waals surface area (Å²) < 4.78 is 5.96. The molecule has 2 aromatic carbocycles. The molecule has 2 atom stereocenters. The third-order valence-electron chi connectivity index (χ3n) is 4.91. The smallest absolute Gasteiger partial charge is 0.0717 e. The van der Waals surface area contributed by atoms with E-state index in [0.29, 0.717) is 18.6 Å². The van der Waals surface area contributed by atoms with Crippen LogP contribution in [-0.4, -0.2) is 37.7 Å². The first-order valence-corrected chi connectivity index (χ1v) is 8.90. The molecule has 1 fully saturated rings. The lowest BCUT2D eigenvalue weighted by molar-refractivity contribution is 0.0844.